The van der Waals surface area contributed by atoms with Crippen LogP contribution in [-0.2, 0) is 29.1 Å². The zero-order chi connectivity index (χ0) is 37.8. The highest BCUT2D eigenvalue weighted by Gasteiger charge is 2.38. The Morgan fingerprint density at radius 2 is 1.75 bits per heavy atom. The van der Waals surface area contributed by atoms with E-state index in [0.29, 0.717) is 42.8 Å². The smallest absolute Gasteiger partial charge is 0.490 e. The minimum absolute atomic E-state index is 0.0819. The van der Waals surface area contributed by atoms with Gasteiger partial charge in [0.1, 0.15) is 28.8 Å². The van der Waals surface area contributed by atoms with E-state index in [1.54, 1.807) is 23.0 Å². The third kappa shape index (κ3) is 9.06. The number of hydrogen-bond donors (Lipinski definition) is 2. The number of Topliss-reactive ketones (excluding diaryl/α,β-unsaturated/α-hetero) is 1. The number of fused-ring (bicyclic) bond motifs is 2. The van der Waals surface area contributed by atoms with Crippen LogP contribution in [0, 0.1) is 5.82 Å². The highest BCUT2D eigenvalue weighted by Crippen LogP contribution is 2.27. The van der Waals surface area contributed by atoms with E-state index in [2.05, 4.69) is 20.2 Å². The molecule has 2 aliphatic heterocycles. The van der Waals surface area contributed by atoms with Crippen LogP contribution in [0.4, 0.5) is 30.7 Å². The van der Waals surface area contributed by atoms with E-state index in [0.717, 1.165) is 11.5 Å². The Morgan fingerprint density at radius 3 is 2.37 bits per heavy atom. The van der Waals surface area contributed by atoms with Crippen molar-refractivity contribution in [1.29, 1.82) is 0 Å². The SMILES string of the molecule is O=C(C1=NC=CC/C1=[N+]1\CCn2cnnc2C1)c1cc(Cc2c[nH]c(=O)c3cc(Cl)c(Cl)n23)ccc1F.O=C(O)C(F)(F)F.O=C([O-])C(F)(F)F. The molecule has 0 saturated carbocycles. The largest absolute Gasteiger partial charge is 0.542 e. The number of ketones is 1. The van der Waals surface area contributed by atoms with Gasteiger partial charge in [0, 0.05) is 24.5 Å². The monoisotopic (exact) mass is 765 g/mol. The molecule has 0 spiro atoms. The molecule has 1 aromatic carbocycles. The lowest BCUT2D eigenvalue weighted by Crippen LogP contribution is -2.38. The molecule has 0 bridgehead atoms. The van der Waals surface area contributed by atoms with Gasteiger partial charge < -0.3 is 24.6 Å². The van der Waals surface area contributed by atoms with Crippen LogP contribution in [0.5, 0.6) is 0 Å². The second-order valence-corrected chi connectivity index (χ2v) is 11.2. The van der Waals surface area contributed by atoms with E-state index >= 15 is 0 Å². The molecule has 2 aliphatic rings. The minimum atomic E-state index is -5.19. The molecule has 13 nitrogen and oxygen atoms in total. The molecule has 0 radical (unpaired) electrons. The Labute approximate surface area is 289 Å². The van der Waals surface area contributed by atoms with Gasteiger partial charge in [-0.3, -0.25) is 14.0 Å². The van der Waals surface area contributed by atoms with Gasteiger partial charge in [0.05, 0.1) is 23.6 Å². The third-order valence-electron chi connectivity index (χ3n) is 7.05. The van der Waals surface area contributed by atoms with Crippen molar-refractivity contribution in [3.63, 3.8) is 0 Å². The van der Waals surface area contributed by atoms with Crippen LogP contribution in [0.1, 0.15) is 33.9 Å². The van der Waals surface area contributed by atoms with Crippen LogP contribution < -0.4 is 10.7 Å². The zero-order valence-corrected chi connectivity index (χ0v) is 26.7. The predicted molar refractivity (Wildman–Crippen MR) is 161 cm³/mol. The molecule has 2 N–H and O–H groups in total. The third-order valence-corrected chi connectivity index (χ3v) is 7.81. The number of carboxylic acid groups (broad SMARTS) is 2. The van der Waals surface area contributed by atoms with Gasteiger partial charge >= 0.3 is 18.3 Å². The number of alkyl halides is 6. The van der Waals surface area contributed by atoms with Gasteiger partial charge in [0.15, 0.2) is 18.1 Å². The highest BCUT2D eigenvalue weighted by atomic mass is 35.5. The summed E-state index contributed by atoms with van der Waals surface area (Å²) in [4.78, 5) is 50.5. The number of carbonyl (C=O) groups is 3. The number of aliphatic imine (C=N–C) groups is 1. The summed E-state index contributed by atoms with van der Waals surface area (Å²) in [5.41, 5.74) is 2.08. The van der Waals surface area contributed by atoms with Crippen LogP contribution in [0.25, 0.3) is 5.52 Å². The van der Waals surface area contributed by atoms with Gasteiger partial charge in [0.25, 0.3) is 5.56 Å². The number of aromatic nitrogens is 5. The summed E-state index contributed by atoms with van der Waals surface area (Å²) in [7, 11) is 0. The second kappa shape index (κ2) is 15.3. The van der Waals surface area contributed by atoms with E-state index in [1.165, 1.54) is 24.4 Å². The minimum Gasteiger partial charge on any atom is -0.542 e. The first kappa shape index (κ1) is 38.4. The Bertz CT molecular complexity index is 2140. The molecule has 3 aromatic heterocycles. The lowest BCUT2D eigenvalue weighted by Gasteiger charge is -2.17. The van der Waals surface area contributed by atoms with Gasteiger partial charge in [-0.15, -0.1) is 10.2 Å². The van der Waals surface area contributed by atoms with E-state index < -0.39 is 35.9 Å². The zero-order valence-electron chi connectivity index (χ0n) is 25.2. The molecule has 5 heterocycles. The fraction of sp³-hybridized carbons (Fsp3) is 0.241. The molecule has 0 atom stereocenters. The van der Waals surface area contributed by atoms with Crippen molar-refractivity contribution in [2.24, 2.45) is 4.99 Å². The lowest BCUT2D eigenvalue weighted by atomic mass is 9.96. The predicted octanol–water partition coefficient (Wildman–Crippen LogP) is 3.40. The van der Waals surface area contributed by atoms with Crippen LogP contribution >= 0.6 is 23.2 Å². The summed E-state index contributed by atoms with van der Waals surface area (Å²) in [5.74, 6) is -6.11. The van der Waals surface area contributed by atoms with Crippen molar-refractivity contribution in [2.45, 2.75) is 38.3 Å². The Kier molecular flexibility index (Phi) is 11.5. The number of benzene rings is 1. The van der Waals surface area contributed by atoms with Crippen LogP contribution in [-0.4, -0.2) is 81.9 Å². The van der Waals surface area contributed by atoms with E-state index in [9.17, 15) is 40.3 Å². The molecule has 0 unspecified atom stereocenters. The quantitative estimate of drug-likeness (QED) is 0.180. The summed E-state index contributed by atoms with van der Waals surface area (Å²) < 4.78 is 83.8. The van der Waals surface area contributed by atoms with Crippen LogP contribution in [0.15, 0.2) is 58.9 Å². The number of halogens is 9. The first-order chi connectivity index (χ1) is 23.8. The summed E-state index contributed by atoms with van der Waals surface area (Å²) in [6.45, 7) is 1.83. The average molecular weight is 766 g/mol. The number of nitrogens with one attached hydrogen (secondary N) is 1. The number of hydrogen-bond acceptors (Lipinski definition) is 8. The van der Waals surface area contributed by atoms with Crippen molar-refractivity contribution in [1.82, 2.24) is 24.1 Å². The number of aliphatic carboxylic acids is 2. The van der Waals surface area contributed by atoms with Crippen molar-refractivity contribution in [2.75, 3.05) is 6.54 Å². The fourth-order valence-electron chi connectivity index (χ4n) is 4.74. The fourth-order valence-corrected chi connectivity index (χ4v) is 5.19. The highest BCUT2D eigenvalue weighted by molar-refractivity contribution is 6.69. The Hall–Kier alpha value is -5.37. The van der Waals surface area contributed by atoms with Crippen molar-refractivity contribution in [3.05, 3.63) is 98.1 Å². The van der Waals surface area contributed by atoms with Crippen molar-refractivity contribution < 1.29 is 59.9 Å². The second-order valence-electron chi connectivity index (χ2n) is 10.4. The topological polar surface area (TPSA) is 178 Å². The number of allylic oxidation sites excluding steroid dienone is 1. The molecule has 51 heavy (non-hydrogen) atoms. The molecule has 4 aromatic rings. The Balaban J connectivity index is 0.000000353. The van der Waals surface area contributed by atoms with Gasteiger partial charge in [-0.05, 0) is 23.8 Å². The first-order valence-corrected chi connectivity index (χ1v) is 14.7. The maximum absolute atomic E-state index is 15.0. The van der Waals surface area contributed by atoms with E-state index in [-0.39, 0.29) is 33.4 Å². The number of carbonyl (C=O) groups excluding carboxylic acids is 2. The number of nitrogens with zero attached hydrogens (tertiary/aromatic N) is 6. The van der Waals surface area contributed by atoms with Crippen LogP contribution in [0.3, 0.4) is 0 Å². The molecule has 22 heteroatoms. The molecular weight excluding hydrogens is 746 g/mol. The van der Waals surface area contributed by atoms with E-state index in [1.807, 2.05) is 15.2 Å². The standard InChI is InChI=1S/C25H18Cl2FN7O2.2C2HF3O2/c26-17-10-20-25(37)30-11-15(35(20)24(17)27)8-14-3-4-18(28)16(9-14)23(36)22-19(2-1-5-29-22)33-6-7-34-13-31-32-21(34)12-33;2*3-2(4,5)1(6)7/h1,3-5,9-11,13H,2,6-8,12H2;2*(H,6,7)/b33-19-;;. The summed E-state index contributed by atoms with van der Waals surface area (Å²) >= 11 is 12.5. The molecule has 0 fully saturated rings. The number of H-pyrrole nitrogens is 1. The van der Waals surface area contributed by atoms with Crippen molar-refractivity contribution in [3.8, 4) is 0 Å². The van der Waals surface area contributed by atoms with E-state index in [4.69, 9.17) is 43.0 Å². The maximum Gasteiger partial charge on any atom is 0.490 e. The first-order valence-electron chi connectivity index (χ1n) is 14.0. The van der Waals surface area contributed by atoms with Gasteiger partial charge in [-0.2, -0.15) is 26.3 Å². The molecule has 270 valence electrons. The summed E-state index contributed by atoms with van der Waals surface area (Å²) in [6, 6.07) is 5.85. The summed E-state index contributed by atoms with van der Waals surface area (Å²) in [5, 5.41) is 24.5. The van der Waals surface area contributed by atoms with Gasteiger partial charge in [-0.1, -0.05) is 35.3 Å². The molecular formula is C29H20Cl2F7N7O6. The summed E-state index contributed by atoms with van der Waals surface area (Å²) in [6.07, 6.45) is -2.86. The number of aromatic amines is 1. The number of carboxylic acids is 2. The number of rotatable bonds is 4. The normalized spacial score (nSPS) is 15.6. The van der Waals surface area contributed by atoms with Crippen LogP contribution in [0.2, 0.25) is 10.2 Å². The lowest BCUT2D eigenvalue weighted by molar-refractivity contribution is -0.552. The van der Waals surface area contributed by atoms with Gasteiger partial charge in [-0.25, -0.2) is 18.8 Å². The maximum atomic E-state index is 15.0. The Morgan fingerprint density at radius 1 is 1.08 bits per heavy atom. The molecule has 6 rings (SSSR count). The van der Waals surface area contributed by atoms with Gasteiger partial charge in [0.2, 0.25) is 18.0 Å². The molecule has 0 aliphatic carbocycles. The van der Waals surface area contributed by atoms with Crippen molar-refractivity contribution >= 4 is 57.9 Å². The average Bonchev–Trinajstić information content (AvgIpc) is 3.66. The molecule has 0 saturated heterocycles. The molecule has 0 amide bonds.